The fourth-order valence-electron chi connectivity index (χ4n) is 2.56. The van der Waals surface area contributed by atoms with Crippen LogP contribution in [-0.4, -0.2) is 28.5 Å². The maximum absolute atomic E-state index is 12.0. The van der Waals surface area contributed by atoms with E-state index in [4.69, 9.17) is 4.74 Å². The molecule has 6 heteroatoms. The highest BCUT2D eigenvalue weighted by atomic mass is 16.5. The number of carbonyl (C=O) groups is 1. The fraction of sp³-hybridized carbons (Fsp3) is 0.421. The summed E-state index contributed by atoms with van der Waals surface area (Å²) in [6, 6.07) is 6.04. The maximum Gasteiger partial charge on any atom is 0.277 e. The van der Waals surface area contributed by atoms with Crippen LogP contribution < -0.4 is 10.2 Å². The number of nitrogens with zero attached hydrogens (tertiary/aromatic N) is 3. The van der Waals surface area contributed by atoms with Gasteiger partial charge in [-0.3, -0.25) is 9.48 Å². The van der Waals surface area contributed by atoms with E-state index in [1.54, 1.807) is 10.9 Å². The summed E-state index contributed by atoms with van der Waals surface area (Å²) in [6.45, 7) is 9.98. The molecule has 1 amide bonds. The first-order valence-electron chi connectivity index (χ1n) is 8.35. The molecule has 0 atom stereocenters. The van der Waals surface area contributed by atoms with Crippen molar-refractivity contribution >= 4 is 12.1 Å². The van der Waals surface area contributed by atoms with E-state index in [2.05, 4.69) is 29.5 Å². The molecular formula is C19H26N4O2. The van der Waals surface area contributed by atoms with Crippen LogP contribution in [0.5, 0.6) is 5.75 Å². The molecule has 0 bridgehead atoms. The van der Waals surface area contributed by atoms with Gasteiger partial charge in [0.2, 0.25) is 0 Å². The van der Waals surface area contributed by atoms with Gasteiger partial charge in [-0.1, -0.05) is 26.0 Å². The number of rotatable bonds is 6. The lowest BCUT2D eigenvalue weighted by Crippen LogP contribution is -2.25. The molecule has 0 aliphatic carbocycles. The second-order valence-electron chi connectivity index (χ2n) is 6.49. The minimum atomic E-state index is -0.299. The molecule has 2 aromatic rings. The predicted octanol–water partition coefficient (Wildman–Crippen LogP) is 3.00. The lowest BCUT2D eigenvalue weighted by atomic mass is 10.0. The van der Waals surface area contributed by atoms with Gasteiger partial charge < -0.3 is 4.74 Å². The minimum absolute atomic E-state index is 0.0779. The quantitative estimate of drug-likeness (QED) is 0.648. The molecule has 0 aliphatic heterocycles. The highest BCUT2D eigenvalue weighted by molar-refractivity contribution is 5.84. The molecule has 0 unspecified atom stereocenters. The number of aromatic nitrogens is 2. The van der Waals surface area contributed by atoms with Crippen LogP contribution in [0.25, 0.3) is 0 Å². The topological polar surface area (TPSA) is 68.5 Å². The Morgan fingerprint density at radius 3 is 2.68 bits per heavy atom. The average Bonchev–Trinajstić information content (AvgIpc) is 2.78. The highest BCUT2D eigenvalue weighted by Gasteiger charge is 2.10. The highest BCUT2D eigenvalue weighted by Crippen LogP contribution is 2.27. The van der Waals surface area contributed by atoms with E-state index in [1.807, 2.05) is 46.0 Å². The van der Waals surface area contributed by atoms with Crippen molar-refractivity contribution in [3.63, 3.8) is 0 Å². The Labute approximate surface area is 148 Å². The molecule has 2 rings (SSSR count). The fourth-order valence-corrected chi connectivity index (χ4v) is 2.56. The standard InChI is InChI=1S/C19H26N4O2/c1-12(2)16-8-7-13(3)9-18(16)25-11-19(24)21-20-10-17-14(4)22-23(6)15(17)5/h7-10,12H,11H2,1-6H3,(H,21,24)/b20-10+. The van der Waals surface area contributed by atoms with Gasteiger partial charge in [0.05, 0.1) is 11.9 Å². The molecule has 134 valence electrons. The van der Waals surface area contributed by atoms with E-state index in [-0.39, 0.29) is 12.5 Å². The van der Waals surface area contributed by atoms with Gasteiger partial charge in [0.25, 0.3) is 5.91 Å². The van der Waals surface area contributed by atoms with Gasteiger partial charge in [-0.25, -0.2) is 5.43 Å². The van der Waals surface area contributed by atoms with Crippen LogP contribution >= 0.6 is 0 Å². The lowest BCUT2D eigenvalue weighted by molar-refractivity contribution is -0.123. The number of amides is 1. The van der Waals surface area contributed by atoms with Gasteiger partial charge in [-0.05, 0) is 43.9 Å². The Morgan fingerprint density at radius 2 is 2.08 bits per heavy atom. The van der Waals surface area contributed by atoms with Crippen LogP contribution in [0.3, 0.4) is 0 Å². The molecular weight excluding hydrogens is 316 g/mol. The van der Waals surface area contributed by atoms with Gasteiger partial charge in [0.1, 0.15) is 5.75 Å². The van der Waals surface area contributed by atoms with E-state index in [0.717, 1.165) is 33.8 Å². The van der Waals surface area contributed by atoms with Gasteiger partial charge >= 0.3 is 0 Å². The minimum Gasteiger partial charge on any atom is -0.483 e. The normalized spacial score (nSPS) is 11.3. The Morgan fingerprint density at radius 1 is 1.36 bits per heavy atom. The summed E-state index contributed by atoms with van der Waals surface area (Å²) in [6.07, 6.45) is 1.61. The van der Waals surface area contributed by atoms with Crippen molar-refractivity contribution in [1.82, 2.24) is 15.2 Å². The molecule has 6 nitrogen and oxygen atoms in total. The van der Waals surface area contributed by atoms with Crippen LogP contribution in [0.1, 0.15) is 47.8 Å². The van der Waals surface area contributed by atoms with Crippen LogP contribution in [0.2, 0.25) is 0 Å². The summed E-state index contributed by atoms with van der Waals surface area (Å²) in [5.41, 5.74) is 7.45. The average molecular weight is 342 g/mol. The van der Waals surface area contributed by atoms with Gasteiger partial charge in [0.15, 0.2) is 6.61 Å². The third-order valence-corrected chi connectivity index (χ3v) is 4.10. The molecule has 0 radical (unpaired) electrons. The second-order valence-corrected chi connectivity index (χ2v) is 6.49. The Kier molecular flexibility index (Phi) is 5.96. The first-order valence-corrected chi connectivity index (χ1v) is 8.35. The molecule has 1 aromatic heterocycles. The molecule has 1 heterocycles. The maximum atomic E-state index is 12.0. The third kappa shape index (κ3) is 4.68. The molecule has 1 N–H and O–H groups in total. The Bertz CT molecular complexity index is 791. The number of benzene rings is 1. The monoisotopic (exact) mass is 342 g/mol. The first kappa shape index (κ1) is 18.7. The number of hydrogen-bond donors (Lipinski definition) is 1. The van der Waals surface area contributed by atoms with Gasteiger partial charge in [0, 0.05) is 18.3 Å². The molecule has 0 saturated carbocycles. The van der Waals surface area contributed by atoms with E-state index in [1.165, 1.54) is 0 Å². The van der Waals surface area contributed by atoms with Gasteiger partial charge in [-0.2, -0.15) is 10.2 Å². The van der Waals surface area contributed by atoms with Crippen molar-refractivity contribution in [1.29, 1.82) is 0 Å². The first-order chi connectivity index (χ1) is 11.8. The van der Waals surface area contributed by atoms with E-state index >= 15 is 0 Å². The van der Waals surface area contributed by atoms with Crippen molar-refractivity contribution in [2.75, 3.05) is 6.61 Å². The summed E-state index contributed by atoms with van der Waals surface area (Å²) in [7, 11) is 1.88. The summed E-state index contributed by atoms with van der Waals surface area (Å²) >= 11 is 0. The zero-order chi connectivity index (χ0) is 18.6. The molecule has 0 saturated heterocycles. The van der Waals surface area contributed by atoms with E-state index in [9.17, 15) is 4.79 Å². The number of aryl methyl sites for hydroxylation is 3. The number of ether oxygens (including phenoxy) is 1. The van der Waals surface area contributed by atoms with E-state index < -0.39 is 0 Å². The van der Waals surface area contributed by atoms with E-state index in [0.29, 0.717) is 5.92 Å². The summed E-state index contributed by atoms with van der Waals surface area (Å²) < 4.78 is 7.48. The molecule has 1 aromatic carbocycles. The zero-order valence-electron chi connectivity index (χ0n) is 15.8. The molecule has 0 spiro atoms. The number of hydrogen-bond acceptors (Lipinski definition) is 4. The van der Waals surface area contributed by atoms with Crippen molar-refractivity contribution in [3.8, 4) is 5.75 Å². The van der Waals surface area contributed by atoms with Crippen molar-refractivity contribution in [3.05, 3.63) is 46.3 Å². The summed E-state index contributed by atoms with van der Waals surface area (Å²) in [4.78, 5) is 12.0. The molecule has 0 fully saturated rings. The summed E-state index contributed by atoms with van der Waals surface area (Å²) in [5, 5.41) is 8.31. The van der Waals surface area contributed by atoms with Crippen molar-refractivity contribution in [2.45, 2.75) is 40.5 Å². The van der Waals surface area contributed by atoms with Crippen LogP contribution in [0.4, 0.5) is 0 Å². The lowest BCUT2D eigenvalue weighted by Gasteiger charge is -2.14. The zero-order valence-corrected chi connectivity index (χ0v) is 15.8. The molecule has 25 heavy (non-hydrogen) atoms. The SMILES string of the molecule is Cc1ccc(C(C)C)c(OCC(=O)N/N=C/c2c(C)nn(C)c2C)c1. The van der Waals surface area contributed by atoms with Crippen LogP contribution in [0, 0.1) is 20.8 Å². The van der Waals surface area contributed by atoms with Gasteiger partial charge in [-0.15, -0.1) is 0 Å². The third-order valence-electron chi connectivity index (χ3n) is 4.10. The predicted molar refractivity (Wildman–Crippen MR) is 99.2 cm³/mol. The number of carbonyl (C=O) groups excluding carboxylic acids is 1. The van der Waals surface area contributed by atoms with Crippen molar-refractivity contribution < 1.29 is 9.53 Å². The number of nitrogens with one attached hydrogen (secondary N) is 1. The second kappa shape index (κ2) is 7.96. The molecule has 0 aliphatic rings. The van der Waals surface area contributed by atoms with Crippen LogP contribution in [0.15, 0.2) is 23.3 Å². The van der Waals surface area contributed by atoms with Crippen LogP contribution in [-0.2, 0) is 11.8 Å². The largest absolute Gasteiger partial charge is 0.483 e. The summed E-state index contributed by atoms with van der Waals surface area (Å²) in [5.74, 6) is 0.771. The number of hydrazone groups is 1. The smallest absolute Gasteiger partial charge is 0.277 e. The van der Waals surface area contributed by atoms with Crippen molar-refractivity contribution in [2.24, 2.45) is 12.1 Å². The Balaban J connectivity index is 1.95. The Hall–Kier alpha value is -2.63.